The molecule has 0 spiro atoms. The van der Waals surface area contributed by atoms with Gasteiger partial charge >= 0.3 is 11.9 Å². The minimum Gasteiger partial charge on any atom is -0.422 e. The number of carbonyl (C=O) groups is 2. The molecule has 84 valence electrons. The Balaban J connectivity index is 4.16. The Bertz CT molecular complexity index is 228. The SMILES string of the molecule is C=CC(=O)OC(CCCS)OC(=O)C=C. The molecule has 4 nitrogen and oxygen atoms in total. The van der Waals surface area contributed by atoms with Crippen LogP contribution in [0.4, 0.5) is 0 Å². The first-order valence-corrected chi connectivity index (χ1v) is 5.04. The summed E-state index contributed by atoms with van der Waals surface area (Å²) in [4.78, 5) is 21.8. The lowest BCUT2D eigenvalue weighted by Crippen LogP contribution is -2.23. The van der Waals surface area contributed by atoms with Gasteiger partial charge in [0.2, 0.25) is 6.29 Å². The van der Waals surface area contributed by atoms with E-state index in [0.29, 0.717) is 18.6 Å². The van der Waals surface area contributed by atoms with Gasteiger partial charge in [-0.2, -0.15) is 12.6 Å². The lowest BCUT2D eigenvalue weighted by Gasteiger charge is -2.15. The Morgan fingerprint density at radius 2 is 1.67 bits per heavy atom. The molecule has 0 aromatic rings. The third kappa shape index (κ3) is 6.79. The van der Waals surface area contributed by atoms with Crippen LogP contribution in [-0.4, -0.2) is 24.0 Å². The van der Waals surface area contributed by atoms with Gasteiger partial charge in [-0.05, 0) is 12.2 Å². The fraction of sp³-hybridized carbons (Fsp3) is 0.400. The summed E-state index contributed by atoms with van der Waals surface area (Å²) in [6.07, 6.45) is 2.20. The first-order chi connectivity index (χ1) is 7.13. The summed E-state index contributed by atoms with van der Waals surface area (Å²) < 4.78 is 9.58. The fourth-order valence-corrected chi connectivity index (χ4v) is 0.938. The Morgan fingerprint density at radius 3 is 2.00 bits per heavy atom. The van der Waals surface area contributed by atoms with Crippen molar-refractivity contribution < 1.29 is 19.1 Å². The molecule has 0 radical (unpaired) electrons. The highest BCUT2D eigenvalue weighted by molar-refractivity contribution is 7.80. The quantitative estimate of drug-likeness (QED) is 0.311. The van der Waals surface area contributed by atoms with Gasteiger partial charge in [-0.1, -0.05) is 13.2 Å². The maximum atomic E-state index is 10.9. The normalized spacial score (nSPS) is 9.47. The summed E-state index contributed by atoms with van der Waals surface area (Å²) in [6.45, 7) is 6.49. The standard InChI is InChI=1S/C10H14O4S/c1-3-8(11)13-10(6-5-7-15)14-9(12)4-2/h3-4,10,15H,1-2,5-7H2. The second-order valence-corrected chi connectivity index (χ2v) is 3.02. The number of carbonyl (C=O) groups excluding carboxylic acids is 2. The molecule has 0 aliphatic carbocycles. The van der Waals surface area contributed by atoms with Crippen LogP contribution in [-0.2, 0) is 19.1 Å². The molecule has 0 fully saturated rings. The number of thiol groups is 1. The van der Waals surface area contributed by atoms with E-state index >= 15 is 0 Å². The summed E-state index contributed by atoms with van der Waals surface area (Å²) in [6, 6.07) is 0. The molecule has 0 aliphatic heterocycles. The van der Waals surface area contributed by atoms with Crippen LogP contribution in [0.3, 0.4) is 0 Å². The first kappa shape index (κ1) is 13.8. The molecule has 0 unspecified atom stereocenters. The van der Waals surface area contributed by atoms with Gasteiger partial charge in [0.25, 0.3) is 0 Å². The predicted octanol–water partition coefficient (Wildman–Crippen LogP) is 1.48. The van der Waals surface area contributed by atoms with Crippen LogP contribution in [0.2, 0.25) is 0 Å². The highest BCUT2D eigenvalue weighted by Gasteiger charge is 2.15. The smallest absolute Gasteiger partial charge is 0.333 e. The van der Waals surface area contributed by atoms with Crippen molar-refractivity contribution in [3.05, 3.63) is 25.3 Å². The first-order valence-electron chi connectivity index (χ1n) is 4.41. The van der Waals surface area contributed by atoms with E-state index in [9.17, 15) is 9.59 Å². The van der Waals surface area contributed by atoms with Crippen LogP contribution in [0.1, 0.15) is 12.8 Å². The van der Waals surface area contributed by atoms with E-state index < -0.39 is 18.2 Å². The van der Waals surface area contributed by atoms with Gasteiger partial charge in [-0.25, -0.2) is 9.59 Å². The van der Waals surface area contributed by atoms with Gasteiger partial charge in [0, 0.05) is 18.6 Å². The molecule has 0 aromatic carbocycles. The Kier molecular flexibility index (Phi) is 7.44. The third-order valence-corrected chi connectivity index (χ3v) is 1.74. The highest BCUT2D eigenvalue weighted by atomic mass is 32.1. The van der Waals surface area contributed by atoms with Crippen molar-refractivity contribution in [2.24, 2.45) is 0 Å². The van der Waals surface area contributed by atoms with Crippen molar-refractivity contribution >= 4 is 24.6 Å². The lowest BCUT2D eigenvalue weighted by atomic mass is 10.3. The minimum absolute atomic E-state index is 0.405. The minimum atomic E-state index is -0.895. The number of hydrogen-bond acceptors (Lipinski definition) is 5. The molecule has 5 heteroatoms. The molecule has 0 amide bonds. The molecule has 0 aromatic heterocycles. The number of rotatable bonds is 7. The van der Waals surface area contributed by atoms with Crippen LogP contribution >= 0.6 is 12.6 Å². The number of ether oxygens (including phenoxy) is 2. The van der Waals surface area contributed by atoms with E-state index in [1.54, 1.807) is 0 Å². The van der Waals surface area contributed by atoms with Crippen molar-refractivity contribution in [2.75, 3.05) is 5.75 Å². The van der Waals surface area contributed by atoms with Crippen LogP contribution in [0.15, 0.2) is 25.3 Å². The van der Waals surface area contributed by atoms with Crippen molar-refractivity contribution in [3.63, 3.8) is 0 Å². The van der Waals surface area contributed by atoms with E-state index in [1.807, 2.05) is 0 Å². The number of esters is 2. The molecule has 15 heavy (non-hydrogen) atoms. The molecule has 0 saturated carbocycles. The molecule has 0 atom stereocenters. The monoisotopic (exact) mass is 230 g/mol. The molecular formula is C10H14O4S. The van der Waals surface area contributed by atoms with E-state index in [-0.39, 0.29) is 0 Å². The Morgan fingerprint density at radius 1 is 1.20 bits per heavy atom. The third-order valence-electron chi connectivity index (χ3n) is 1.43. The average Bonchev–Trinajstić information content (AvgIpc) is 2.25. The van der Waals surface area contributed by atoms with Crippen LogP contribution in [0.25, 0.3) is 0 Å². The average molecular weight is 230 g/mol. The zero-order valence-corrected chi connectivity index (χ0v) is 9.24. The van der Waals surface area contributed by atoms with Gasteiger partial charge < -0.3 is 9.47 Å². The Labute approximate surface area is 94.3 Å². The zero-order chi connectivity index (χ0) is 11.7. The fourth-order valence-electron chi connectivity index (χ4n) is 0.755. The van der Waals surface area contributed by atoms with Gasteiger partial charge in [-0.3, -0.25) is 0 Å². The maximum absolute atomic E-state index is 10.9. The summed E-state index contributed by atoms with van der Waals surface area (Å²) in [5, 5.41) is 0. The van der Waals surface area contributed by atoms with E-state index in [0.717, 1.165) is 12.2 Å². The van der Waals surface area contributed by atoms with Crippen molar-refractivity contribution in [2.45, 2.75) is 19.1 Å². The zero-order valence-electron chi connectivity index (χ0n) is 8.35. The van der Waals surface area contributed by atoms with Crippen LogP contribution < -0.4 is 0 Å². The van der Waals surface area contributed by atoms with Crippen molar-refractivity contribution in [3.8, 4) is 0 Å². The summed E-state index contributed by atoms with van der Waals surface area (Å²) in [5.41, 5.74) is 0. The number of hydrogen-bond donors (Lipinski definition) is 1. The van der Waals surface area contributed by atoms with Gasteiger partial charge in [0.1, 0.15) is 0 Å². The molecule has 0 heterocycles. The topological polar surface area (TPSA) is 52.6 Å². The van der Waals surface area contributed by atoms with Gasteiger partial charge in [-0.15, -0.1) is 0 Å². The Hall–Kier alpha value is -1.23. The predicted molar refractivity (Wildman–Crippen MR) is 59.5 cm³/mol. The molecule has 0 aliphatic rings. The highest BCUT2D eigenvalue weighted by Crippen LogP contribution is 2.06. The van der Waals surface area contributed by atoms with E-state index in [1.165, 1.54) is 0 Å². The molecular weight excluding hydrogens is 216 g/mol. The van der Waals surface area contributed by atoms with Gasteiger partial charge in [0.05, 0.1) is 0 Å². The summed E-state index contributed by atoms with van der Waals surface area (Å²) in [5.74, 6) is -0.639. The van der Waals surface area contributed by atoms with Crippen LogP contribution in [0, 0.1) is 0 Å². The van der Waals surface area contributed by atoms with Crippen LogP contribution in [0.5, 0.6) is 0 Å². The molecule has 0 saturated heterocycles. The van der Waals surface area contributed by atoms with Crippen molar-refractivity contribution in [1.82, 2.24) is 0 Å². The van der Waals surface area contributed by atoms with Gasteiger partial charge in [0.15, 0.2) is 0 Å². The summed E-state index contributed by atoms with van der Waals surface area (Å²) in [7, 11) is 0. The van der Waals surface area contributed by atoms with E-state index in [4.69, 9.17) is 9.47 Å². The summed E-state index contributed by atoms with van der Waals surface area (Å²) >= 11 is 4.00. The lowest BCUT2D eigenvalue weighted by molar-refractivity contribution is -0.181. The second kappa shape index (κ2) is 8.11. The largest absolute Gasteiger partial charge is 0.422 e. The van der Waals surface area contributed by atoms with E-state index in [2.05, 4.69) is 25.8 Å². The molecule has 0 rings (SSSR count). The molecule has 0 N–H and O–H groups in total. The maximum Gasteiger partial charge on any atom is 0.333 e. The molecule has 0 bridgehead atoms. The second-order valence-electron chi connectivity index (χ2n) is 2.58. The van der Waals surface area contributed by atoms with Crippen molar-refractivity contribution in [1.29, 1.82) is 0 Å².